The highest BCUT2D eigenvalue weighted by atomic mass is 19.2. The van der Waals surface area contributed by atoms with Crippen LogP contribution >= 0.6 is 0 Å². The number of carbonyl (C=O) groups excluding carboxylic acids is 1. The minimum atomic E-state index is -1.65. The number of hydrogen-bond donors (Lipinski definition) is 1. The van der Waals surface area contributed by atoms with Crippen molar-refractivity contribution in [3.8, 4) is 11.5 Å². The molecule has 1 aliphatic rings. The Labute approximate surface area is 123 Å². The summed E-state index contributed by atoms with van der Waals surface area (Å²) in [5.41, 5.74) is -0.466. The van der Waals surface area contributed by atoms with Gasteiger partial charge in [-0.15, -0.1) is 0 Å². The van der Waals surface area contributed by atoms with E-state index in [4.69, 9.17) is 9.47 Å². The fraction of sp³-hybridized carbons (Fsp3) is 0.133. The third-order valence-electron chi connectivity index (χ3n) is 3.09. The van der Waals surface area contributed by atoms with Crippen LogP contribution < -0.4 is 14.8 Å². The Morgan fingerprint density at radius 1 is 1.05 bits per heavy atom. The van der Waals surface area contributed by atoms with Gasteiger partial charge in [0.25, 0.3) is 5.91 Å². The molecule has 0 spiro atoms. The number of fused-ring (bicyclic) bond motifs is 1. The lowest BCUT2D eigenvalue weighted by atomic mass is 10.2. The standard InChI is InChI=1S/C15H10F3NO3/c16-8-5-6-9(14(18)13(8)17)19-15(20)12-7-21-10-3-1-2-4-11(10)22-12/h1-6,12H,7H2,(H,19,20). The molecule has 0 bridgehead atoms. The van der Waals surface area contributed by atoms with Gasteiger partial charge < -0.3 is 14.8 Å². The molecule has 1 unspecified atom stereocenters. The zero-order valence-corrected chi connectivity index (χ0v) is 11.1. The van der Waals surface area contributed by atoms with Gasteiger partial charge >= 0.3 is 0 Å². The Balaban J connectivity index is 1.75. The maximum atomic E-state index is 13.5. The molecular formula is C15H10F3NO3. The summed E-state index contributed by atoms with van der Waals surface area (Å²) >= 11 is 0. The molecule has 1 heterocycles. The van der Waals surface area contributed by atoms with Crippen molar-refractivity contribution in [3.63, 3.8) is 0 Å². The summed E-state index contributed by atoms with van der Waals surface area (Å²) in [5.74, 6) is -4.30. The van der Waals surface area contributed by atoms with Crippen molar-refractivity contribution in [3.05, 3.63) is 53.8 Å². The van der Waals surface area contributed by atoms with E-state index in [0.717, 1.165) is 12.1 Å². The summed E-state index contributed by atoms with van der Waals surface area (Å²) in [7, 11) is 0. The highest BCUT2D eigenvalue weighted by molar-refractivity contribution is 5.94. The molecule has 1 N–H and O–H groups in total. The molecule has 4 nitrogen and oxygen atoms in total. The molecule has 0 saturated heterocycles. The number of rotatable bonds is 2. The highest BCUT2D eigenvalue weighted by Crippen LogP contribution is 2.31. The van der Waals surface area contributed by atoms with Gasteiger partial charge in [0, 0.05) is 0 Å². The van der Waals surface area contributed by atoms with Gasteiger partial charge in [-0.25, -0.2) is 13.2 Å². The summed E-state index contributed by atoms with van der Waals surface area (Å²) in [6, 6.07) is 8.41. The molecule has 1 atom stereocenters. The number of para-hydroxylation sites is 2. The summed E-state index contributed by atoms with van der Waals surface area (Å²) < 4.78 is 50.3. The first-order chi connectivity index (χ1) is 10.6. The van der Waals surface area contributed by atoms with E-state index in [-0.39, 0.29) is 6.61 Å². The molecule has 22 heavy (non-hydrogen) atoms. The first kappa shape index (κ1) is 14.2. The number of amides is 1. The maximum absolute atomic E-state index is 13.5. The normalized spacial score (nSPS) is 16.2. The molecule has 1 aliphatic heterocycles. The minimum absolute atomic E-state index is 0.0753. The molecule has 0 fully saturated rings. The zero-order chi connectivity index (χ0) is 15.7. The van der Waals surface area contributed by atoms with Crippen LogP contribution in [0.5, 0.6) is 11.5 Å². The Morgan fingerprint density at radius 2 is 1.77 bits per heavy atom. The van der Waals surface area contributed by atoms with E-state index in [0.29, 0.717) is 11.5 Å². The zero-order valence-electron chi connectivity index (χ0n) is 11.1. The molecule has 2 aromatic rings. The number of benzene rings is 2. The van der Waals surface area contributed by atoms with Gasteiger partial charge in [-0.1, -0.05) is 12.1 Å². The second kappa shape index (κ2) is 5.59. The van der Waals surface area contributed by atoms with Gasteiger partial charge in [0.15, 0.2) is 29.0 Å². The maximum Gasteiger partial charge on any atom is 0.269 e. The summed E-state index contributed by atoms with van der Waals surface area (Å²) in [5, 5.41) is 2.15. The van der Waals surface area contributed by atoms with Crippen molar-refractivity contribution in [2.45, 2.75) is 6.10 Å². The molecule has 3 rings (SSSR count). The van der Waals surface area contributed by atoms with E-state index in [1.54, 1.807) is 24.3 Å². The topological polar surface area (TPSA) is 47.6 Å². The highest BCUT2D eigenvalue weighted by Gasteiger charge is 2.28. The Hall–Kier alpha value is -2.70. The van der Waals surface area contributed by atoms with E-state index in [1.807, 2.05) is 0 Å². The lowest BCUT2D eigenvalue weighted by Crippen LogP contribution is -2.40. The lowest BCUT2D eigenvalue weighted by molar-refractivity contribution is -0.125. The van der Waals surface area contributed by atoms with Gasteiger partial charge in [-0.3, -0.25) is 4.79 Å². The summed E-state index contributed by atoms with van der Waals surface area (Å²) in [6.07, 6.45) is -1.03. The van der Waals surface area contributed by atoms with Crippen LogP contribution in [0.4, 0.5) is 18.9 Å². The molecule has 114 valence electrons. The third kappa shape index (κ3) is 2.57. The minimum Gasteiger partial charge on any atom is -0.485 e. The van der Waals surface area contributed by atoms with Crippen LogP contribution in [0.1, 0.15) is 0 Å². The van der Waals surface area contributed by atoms with Gasteiger partial charge in [-0.2, -0.15) is 0 Å². The van der Waals surface area contributed by atoms with E-state index in [1.165, 1.54) is 0 Å². The average Bonchev–Trinajstić information content (AvgIpc) is 2.55. The quantitative estimate of drug-likeness (QED) is 0.868. The van der Waals surface area contributed by atoms with E-state index >= 15 is 0 Å². The smallest absolute Gasteiger partial charge is 0.269 e. The van der Waals surface area contributed by atoms with Crippen molar-refractivity contribution < 1.29 is 27.4 Å². The number of hydrogen-bond acceptors (Lipinski definition) is 3. The molecule has 2 aromatic carbocycles. The first-order valence-corrected chi connectivity index (χ1v) is 6.39. The van der Waals surface area contributed by atoms with Crippen LogP contribution in [0.15, 0.2) is 36.4 Å². The second-order valence-electron chi connectivity index (χ2n) is 4.58. The Bertz CT molecular complexity index is 736. The van der Waals surface area contributed by atoms with E-state index < -0.39 is 35.2 Å². The first-order valence-electron chi connectivity index (χ1n) is 6.39. The van der Waals surface area contributed by atoms with Gasteiger partial charge in [0.05, 0.1) is 5.69 Å². The fourth-order valence-corrected chi connectivity index (χ4v) is 1.98. The molecule has 0 saturated carbocycles. The second-order valence-corrected chi connectivity index (χ2v) is 4.58. The van der Waals surface area contributed by atoms with Crippen LogP contribution in [0.25, 0.3) is 0 Å². The average molecular weight is 309 g/mol. The molecule has 7 heteroatoms. The molecule has 0 radical (unpaired) electrons. The van der Waals surface area contributed by atoms with E-state index in [2.05, 4.69) is 5.32 Å². The van der Waals surface area contributed by atoms with Crippen LogP contribution in [0.2, 0.25) is 0 Å². The predicted molar refractivity (Wildman–Crippen MR) is 71.3 cm³/mol. The number of nitrogens with one attached hydrogen (secondary N) is 1. The van der Waals surface area contributed by atoms with Crippen molar-refractivity contribution >= 4 is 11.6 Å². The summed E-state index contributed by atoms with van der Waals surface area (Å²) in [6.45, 7) is -0.0753. The van der Waals surface area contributed by atoms with Crippen LogP contribution in [0, 0.1) is 17.5 Å². The van der Waals surface area contributed by atoms with Crippen molar-refractivity contribution in [1.82, 2.24) is 0 Å². The molecular weight excluding hydrogens is 299 g/mol. The number of halogens is 3. The van der Waals surface area contributed by atoms with Gasteiger partial charge in [0.2, 0.25) is 6.10 Å². The third-order valence-corrected chi connectivity index (χ3v) is 3.09. The van der Waals surface area contributed by atoms with Crippen LogP contribution in [0.3, 0.4) is 0 Å². The van der Waals surface area contributed by atoms with Crippen molar-refractivity contribution in [2.75, 3.05) is 11.9 Å². The van der Waals surface area contributed by atoms with Gasteiger partial charge in [0.1, 0.15) is 6.61 Å². The SMILES string of the molecule is O=C(Nc1ccc(F)c(F)c1F)C1COc2ccccc2O1. The Kier molecular flexibility index (Phi) is 3.62. The summed E-state index contributed by atoms with van der Waals surface area (Å²) in [4.78, 5) is 12.0. The number of ether oxygens (including phenoxy) is 2. The fourth-order valence-electron chi connectivity index (χ4n) is 1.98. The molecule has 0 aromatic heterocycles. The monoisotopic (exact) mass is 309 g/mol. The predicted octanol–water partition coefficient (Wildman–Crippen LogP) is 2.88. The number of carbonyl (C=O) groups is 1. The van der Waals surface area contributed by atoms with Crippen LogP contribution in [-0.4, -0.2) is 18.6 Å². The van der Waals surface area contributed by atoms with Crippen LogP contribution in [-0.2, 0) is 4.79 Å². The van der Waals surface area contributed by atoms with Crippen molar-refractivity contribution in [1.29, 1.82) is 0 Å². The lowest BCUT2D eigenvalue weighted by Gasteiger charge is -2.25. The Morgan fingerprint density at radius 3 is 2.55 bits per heavy atom. The molecule has 0 aliphatic carbocycles. The van der Waals surface area contributed by atoms with E-state index in [9.17, 15) is 18.0 Å². The molecule has 1 amide bonds. The number of anilines is 1. The largest absolute Gasteiger partial charge is 0.485 e. The van der Waals surface area contributed by atoms with Crippen molar-refractivity contribution in [2.24, 2.45) is 0 Å². The van der Waals surface area contributed by atoms with Gasteiger partial charge in [-0.05, 0) is 24.3 Å².